The van der Waals surface area contributed by atoms with Gasteiger partial charge in [-0.2, -0.15) is 0 Å². The van der Waals surface area contributed by atoms with Gasteiger partial charge in [0.15, 0.2) is 0 Å². The first-order valence-corrected chi connectivity index (χ1v) is 6.74. The number of aryl methyl sites for hydroxylation is 1. The molecule has 0 saturated carbocycles. The Morgan fingerprint density at radius 3 is 2.89 bits per heavy atom. The number of nitrogens with zero attached hydrogens (tertiary/aromatic N) is 3. The summed E-state index contributed by atoms with van der Waals surface area (Å²) in [6, 6.07) is 3.99. The van der Waals surface area contributed by atoms with Crippen molar-refractivity contribution in [3.63, 3.8) is 0 Å². The van der Waals surface area contributed by atoms with Crippen LogP contribution in [0.3, 0.4) is 0 Å². The molecule has 1 amide bonds. The molecule has 2 rings (SSSR count). The van der Waals surface area contributed by atoms with Crippen LogP contribution in [-0.2, 0) is 11.3 Å². The highest BCUT2D eigenvalue weighted by Gasteiger charge is 2.17. The molecule has 1 aliphatic heterocycles. The Morgan fingerprint density at radius 1 is 1.47 bits per heavy atom. The molecule has 0 aliphatic carbocycles. The lowest BCUT2D eigenvalue weighted by Crippen LogP contribution is -2.49. The summed E-state index contributed by atoms with van der Waals surface area (Å²) in [5.74, 6) is 0.206. The van der Waals surface area contributed by atoms with Gasteiger partial charge >= 0.3 is 0 Å². The normalized spacial score (nSPS) is 15.8. The summed E-state index contributed by atoms with van der Waals surface area (Å²) >= 11 is 0. The van der Waals surface area contributed by atoms with Crippen molar-refractivity contribution >= 4 is 5.91 Å². The molecule has 1 saturated heterocycles. The predicted octanol–water partition coefficient (Wildman–Crippen LogP) is 0.254. The number of piperazine rings is 1. The molecule has 0 spiro atoms. The van der Waals surface area contributed by atoms with Gasteiger partial charge in [0.25, 0.3) is 0 Å². The second-order valence-corrected chi connectivity index (χ2v) is 5.07. The van der Waals surface area contributed by atoms with Gasteiger partial charge in [-0.3, -0.25) is 14.7 Å². The fourth-order valence-corrected chi connectivity index (χ4v) is 2.24. The van der Waals surface area contributed by atoms with E-state index in [2.05, 4.69) is 10.3 Å². The molecule has 2 heterocycles. The van der Waals surface area contributed by atoms with Crippen LogP contribution in [0.5, 0.6) is 0 Å². The van der Waals surface area contributed by atoms with Crippen molar-refractivity contribution in [1.82, 2.24) is 20.1 Å². The van der Waals surface area contributed by atoms with Gasteiger partial charge in [0.05, 0.1) is 12.2 Å². The minimum absolute atomic E-state index is 0.206. The summed E-state index contributed by atoms with van der Waals surface area (Å²) in [5.41, 5.74) is 2.21. The van der Waals surface area contributed by atoms with Crippen LogP contribution in [0.25, 0.3) is 0 Å². The Morgan fingerprint density at radius 2 is 2.21 bits per heavy atom. The summed E-state index contributed by atoms with van der Waals surface area (Å²) < 4.78 is 0. The van der Waals surface area contributed by atoms with Gasteiger partial charge in [-0.1, -0.05) is 6.07 Å². The Hall–Kier alpha value is -1.46. The number of hydrogen-bond acceptors (Lipinski definition) is 4. The number of carbonyl (C=O) groups is 1. The van der Waals surface area contributed by atoms with Crippen molar-refractivity contribution in [1.29, 1.82) is 0 Å². The van der Waals surface area contributed by atoms with Crippen molar-refractivity contribution in [3.8, 4) is 0 Å². The molecule has 1 aromatic rings. The molecule has 5 heteroatoms. The molecule has 1 fully saturated rings. The Kier molecular flexibility index (Phi) is 4.87. The molecular weight excluding hydrogens is 240 g/mol. The minimum atomic E-state index is 0.206. The van der Waals surface area contributed by atoms with E-state index in [0.29, 0.717) is 13.1 Å². The van der Waals surface area contributed by atoms with Gasteiger partial charge < -0.3 is 10.2 Å². The van der Waals surface area contributed by atoms with Crippen LogP contribution in [0.15, 0.2) is 18.3 Å². The fourth-order valence-electron chi connectivity index (χ4n) is 2.24. The first-order chi connectivity index (χ1) is 9.16. The molecule has 19 heavy (non-hydrogen) atoms. The van der Waals surface area contributed by atoms with Crippen LogP contribution in [-0.4, -0.2) is 60.5 Å². The quantitative estimate of drug-likeness (QED) is 0.845. The molecule has 1 aliphatic rings. The zero-order valence-corrected chi connectivity index (χ0v) is 11.7. The maximum absolute atomic E-state index is 12.1. The second-order valence-electron chi connectivity index (χ2n) is 5.07. The van der Waals surface area contributed by atoms with Crippen molar-refractivity contribution < 1.29 is 4.79 Å². The van der Waals surface area contributed by atoms with E-state index in [1.165, 1.54) is 5.56 Å². The number of carbonyl (C=O) groups excluding carboxylic acids is 1. The van der Waals surface area contributed by atoms with Crippen molar-refractivity contribution in [2.75, 3.05) is 39.8 Å². The smallest absolute Gasteiger partial charge is 0.236 e. The number of amides is 1. The highest BCUT2D eigenvalue weighted by molar-refractivity contribution is 5.78. The van der Waals surface area contributed by atoms with E-state index in [4.69, 9.17) is 0 Å². The number of pyridine rings is 1. The van der Waals surface area contributed by atoms with Gasteiger partial charge in [0.1, 0.15) is 0 Å². The van der Waals surface area contributed by atoms with Gasteiger partial charge in [-0.25, -0.2) is 0 Å². The highest BCUT2D eigenvalue weighted by Crippen LogP contribution is 2.06. The zero-order valence-electron chi connectivity index (χ0n) is 11.7. The maximum atomic E-state index is 12.1. The Bertz CT molecular complexity index is 429. The SMILES string of the molecule is Cc1cccnc1CN(C)CC(=O)N1CCNCC1. The second kappa shape index (κ2) is 6.63. The highest BCUT2D eigenvalue weighted by atomic mass is 16.2. The molecule has 1 aromatic heterocycles. The number of hydrogen-bond donors (Lipinski definition) is 1. The molecular formula is C14H22N4O. The maximum Gasteiger partial charge on any atom is 0.236 e. The molecule has 5 nitrogen and oxygen atoms in total. The van der Waals surface area contributed by atoms with Gasteiger partial charge in [0, 0.05) is 38.9 Å². The number of nitrogens with one attached hydrogen (secondary N) is 1. The largest absolute Gasteiger partial charge is 0.339 e. The molecule has 0 atom stereocenters. The first-order valence-electron chi connectivity index (χ1n) is 6.74. The first kappa shape index (κ1) is 14.0. The monoisotopic (exact) mass is 262 g/mol. The lowest BCUT2D eigenvalue weighted by Gasteiger charge is -2.29. The molecule has 104 valence electrons. The summed E-state index contributed by atoms with van der Waals surface area (Å²) in [6.07, 6.45) is 1.80. The average Bonchev–Trinajstić information content (AvgIpc) is 2.42. The molecule has 0 unspecified atom stereocenters. The van der Waals surface area contributed by atoms with Crippen LogP contribution in [0.2, 0.25) is 0 Å². The van der Waals surface area contributed by atoms with E-state index in [-0.39, 0.29) is 5.91 Å². The Labute approximate surface area is 114 Å². The zero-order chi connectivity index (χ0) is 13.7. The third-order valence-electron chi connectivity index (χ3n) is 3.41. The standard InChI is InChI=1S/C14H22N4O/c1-12-4-3-5-16-13(12)10-17(2)11-14(19)18-8-6-15-7-9-18/h3-5,15H,6-11H2,1-2H3. The van der Waals surface area contributed by atoms with Crippen molar-refractivity contribution in [3.05, 3.63) is 29.6 Å². The van der Waals surface area contributed by atoms with Crippen LogP contribution in [0, 0.1) is 6.92 Å². The summed E-state index contributed by atoms with van der Waals surface area (Å²) in [7, 11) is 1.97. The Balaban J connectivity index is 1.85. The van der Waals surface area contributed by atoms with E-state index in [1.54, 1.807) is 6.20 Å². The minimum Gasteiger partial charge on any atom is -0.339 e. The summed E-state index contributed by atoms with van der Waals surface area (Å²) in [5, 5.41) is 3.25. The van der Waals surface area contributed by atoms with Gasteiger partial charge in [-0.15, -0.1) is 0 Å². The van der Waals surface area contributed by atoms with Crippen LogP contribution >= 0.6 is 0 Å². The molecule has 0 bridgehead atoms. The predicted molar refractivity (Wildman–Crippen MR) is 74.8 cm³/mol. The average molecular weight is 262 g/mol. The number of rotatable bonds is 4. The third-order valence-corrected chi connectivity index (χ3v) is 3.41. The van der Waals surface area contributed by atoms with E-state index in [1.807, 2.05) is 35.9 Å². The van der Waals surface area contributed by atoms with E-state index in [0.717, 1.165) is 31.9 Å². The van der Waals surface area contributed by atoms with Gasteiger partial charge in [-0.05, 0) is 25.6 Å². The van der Waals surface area contributed by atoms with Crippen LogP contribution in [0.1, 0.15) is 11.3 Å². The summed E-state index contributed by atoms with van der Waals surface area (Å²) in [6.45, 7) is 6.64. The lowest BCUT2D eigenvalue weighted by molar-refractivity contribution is -0.132. The lowest BCUT2D eigenvalue weighted by atomic mass is 10.2. The molecule has 0 radical (unpaired) electrons. The van der Waals surface area contributed by atoms with E-state index in [9.17, 15) is 4.79 Å². The molecule has 1 N–H and O–H groups in total. The number of aromatic nitrogens is 1. The fraction of sp³-hybridized carbons (Fsp3) is 0.571. The van der Waals surface area contributed by atoms with Crippen molar-refractivity contribution in [2.45, 2.75) is 13.5 Å². The topological polar surface area (TPSA) is 48.5 Å². The van der Waals surface area contributed by atoms with Gasteiger partial charge in [0.2, 0.25) is 5.91 Å². The van der Waals surface area contributed by atoms with Crippen LogP contribution in [0.4, 0.5) is 0 Å². The third kappa shape index (κ3) is 4.01. The summed E-state index contributed by atoms with van der Waals surface area (Å²) in [4.78, 5) is 20.4. The number of likely N-dealkylation sites (N-methyl/N-ethyl adjacent to an activating group) is 1. The van der Waals surface area contributed by atoms with Crippen LogP contribution < -0.4 is 5.32 Å². The van der Waals surface area contributed by atoms with Crippen molar-refractivity contribution in [2.24, 2.45) is 0 Å². The van der Waals surface area contributed by atoms with E-state index < -0.39 is 0 Å². The van der Waals surface area contributed by atoms with E-state index >= 15 is 0 Å². The molecule has 0 aromatic carbocycles.